The SMILES string of the molecule is CC1=NC2=CC=CCC2=C1. The van der Waals surface area contributed by atoms with Gasteiger partial charge in [0.1, 0.15) is 0 Å². The van der Waals surface area contributed by atoms with E-state index in [-0.39, 0.29) is 0 Å². The van der Waals surface area contributed by atoms with Crippen LogP contribution >= 0.6 is 0 Å². The van der Waals surface area contributed by atoms with E-state index in [1.54, 1.807) is 0 Å². The number of allylic oxidation sites excluding steroid dienone is 5. The number of fused-ring (bicyclic) bond motifs is 1. The Labute approximate surface area is 60.5 Å². The van der Waals surface area contributed by atoms with Crippen molar-refractivity contribution in [3.63, 3.8) is 0 Å². The van der Waals surface area contributed by atoms with Crippen LogP contribution in [0.15, 0.2) is 40.6 Å². The molecule has 0 fully saturated rings. The molecule has 0 saturated heterocycles. The van der Waals surface area contributed by atoms with Crippen molar-refractivity contribution in [2.75, 3.05) is 0 Å². The van der Waals surface area contributed by atoms with Crippen molar-refractivity contribution in [1.29, 1.82) is 0 Å². The first-order chi connectivity index (χ1) is 4.86. The summed E-state index contributed by atoms with van der Waals surface area (Å²) in [4.78, 5) is 4.34. The summed E-state index contributed by atoms with van der Waals surface area (Å²) in [5, 5.41) is 0. The Hall–Kier alpha value is -1.11. The molecule has 0 unspecified atom stereocenters. The summed E-state index contributed by atoms with van der Waals surface area (Å²) in [6.45, 7) is 2.03. The predicted octanol–water partition coefficient (Wildman–Crippen LogP) is 2.23. The molecule has 0 aromatic rings. The van der Waals surface area contributed by atoms with Gasteiger partial charge in [-0.2, -0.15) is 0 Å². The van der Waals surface area contributed by atoms with Crippen molar-refractivity contribution in [3.8, 4) is 0 Å². The van der Waals surface area contributed by atoms with Crippen LogP contribution < -0.4 is 0 Å². The molecule has 1 aliphatic carbocycles. The average Bonchev–Trinajstić information content (AvgIpc) is 2.27. The van der Waals surface area contributed by atoms with Crippen LogP contribution in [0, 0.1) is 0 Å². The quantitative estimate of drug-likeness (QED) is 0.478. The third-order valence-corrected chi connectivity index (χ3v) is 1.74. The van der Waals surface area contributed by atoms with Crippen LogP contribution in [0.2, 0.25) is 0 Å². The molecule has 50 valence electrons. The minimum absolute atomic E-state index is 1.05. The molecule has 0 aromatic heterocycles. The fraction of sp³-hybridized carbons (Fsp3) is 0.222. The highest BCUT2D eigenvalue weighted by atomic mass is 14.8. The summed E-state index contributed by atoms with van der Waals surface area (Å²) < 4.78 is 0. The van der Waals surface area contributed by atoms with Gasteiger partial charge in [0.15, 0.2) is 0 Å². The lowest BCUT2D eigenvalue weighted by Gasteiger charge is -2.01. The molecular formula is C9H9N. The van der Waals surface area contributed by atoms with E-state index in [0.717, 1.165) is 17.8 Å². The van der Waals surface area contributed by atoms with E-state index >= 15 is 0 Å². The van der Waals surface area contributed by atoms with Gasteiger partial charge in [0, 0.05) is 5.71 Å². The van der Waals surface area contributed by atoms with E-state index < -0.39 is 0 Å². The molecule has 0 bridgehead atoms. The van der Waals surface area contributed by atoms with Gasteiger partial charge in [0.2, 0.25) is 0 Å². The van der Waals surface area contributed by atoms with Crippen molar-refractivity contribution >= 4 is 5.71 Å². The summed E-state index contributed by atoms with van der Waals surface area (Å²) in [7, 11) is 0. The first-order valence-corrected chi connectivity index (χ1v) is 3.49. The third kappa shape index (κ3) is 0.747. The molecule has 10 heavy (non-hydrogen) atoms. The van der Waals surface area contributed by atoms with E-state index in [4.69, 9.17) is 0 Å². The van der Waals surface area contributed by atoms with Gasteiger partial charge in [0.25, 0.3) is 0 Å². The lowest BCUT2D eigenvalue weighted by atomic mass is 10.1. The van der Waals surface area contributed by atoms with Crippen molar-refractivity contribution in [3.05, 3.63) is 35.6 Å². The molecule has 2 rings (SSSR count). The topological polar surface area (TPSA) is 12.4 Å². The normalized spacial score (nSPS) is 21.5. The number of hydrogen-bond donors (Lipinski definition) is 0. The molecular weight excluding hydrogens is 122 g/mol. The zero-order chi connectivity index (χ0) is 6.97. The summed E-state index contributed by atoms with van der Waals surface area (Å²) in [5.41, 5.74) is 3.64. The fourth-order valence-corrected chi connectivity index (χ4v) is 1.28. The summed E-state index contributed by atoms with van der Waals surface area (Å²) >= 11 is 0. The van der Waals surface area contributed by atoms with Gasteiger partial charge in [-0.25, -0.2) is 0 Å². The second kappa shape index (κ2) is 1.94. The van der Waals surface area contributed by atoms with Gasteiger partial charge >= 0.3 is 0 Å². The van der Waals surface area contributed by atoms with Crippen LogP contribution in [0.25, 0.3) is 0 Å². The van der Waals surface area contributed by atoms with Gasteiger partial charge in [-0.3, -0.25) is 4.99 Å². The number of nitrogens with zero attached hydrogens (tertiary/aromatic N) is 1. The van der Waals surface area contributed by atoms with Crippen molar-refractivity contribution < 1.29 is 0 Å². The van der Waals surface area contributed by atoms with Crippen LogP contribution in [0.3, 0.4) is 0 Å². The van der Waals surface area contributed by atoms with Crippen molar-refractivity contribution in [2.24, 2.45) is 4.99 Å². The highest BCUT2D eigenvalue weighted by molar-refractivity contribution is 5.98. The third-order valence-electron chi connectivity index (χ3n) is 1.74. The monoisotopic (exact) mass is 131 g/mol. The van der Waals surface area contributed by atoms with Gasteiger partial charge in [-0.15, -0.1) is 0 Å². The van der Waals surface area contributed by atoms with Crippen molar-refractivity contribution in [1.82, 2.24) is 0 Å². The average molecular weight is 131 g/mol. The van der Waals surface area contributed by atoms with E-state index in [1.807, 2.05) is 6.92 Å². The highest BCUT2D eigenvalue weighted by Gasteiger charge is 2.10. The molecule has 0 spiro atoms. The number of rotatable bonds is 0. The van der Waals surface area contributed by atoms with Crippen LogP contribution in [0.5, 0.6) is 0 Å². The highest BCUT2D eigenvalue weighted by Crippen LogP contribution is 2.25. The number of hydrogen-bond acceptors (Lipinski definition) is 1. The van der Waals surface area contributed by atoms with Crippen LogP contribution in [0.4, 0.5) is 0 Å². The zero-order valence-electron chi connectivity index (χ0n) is 5.96. The predicted molar refractivity (Wildman–Crippen MR) is 43.0 cm³/mol. The van der Waals surface area contributed by atoms with Crippen LogP contribution in [-0.2, 0) is 0 Å². The lowest BCUT2D eigenvalue weighted by Crippen LogP contribution is -1.84. The molecule has 1 aliphatic heterocycles. The molecule has 0 atom stereocenters. The molecule has 1 heteroatoms. The van der Waals surface area contributed by atoms with Gasteiger partial charge in [0.05, 0.1) is 5.70 Å². The molecule has 0 N–H and O–H groups in total. The Morgan fingerprint density at radius 2 is 2.40 bits per heavy atom. The zero-order valence-corrected chi connectivity index (χ0v) is 5.96. The van der Waals surface area contributed by atoms with E-state index in [0.29, 0.717) is 0 Å². The van der Waals surface area contributed by atoms with Gasteiger partial charge < -0.3 is 0 Å². The first-order valence-electron chi connectivity index (χ1n) is 3.49. The molecule has 0 radical (unpaired) electrons. The van der Waals surface area contributed by atoms with E-state index in [2.05, 4.69) is 29.3 Å². The second-order valence-electron chi connectivity index (χ2n) is 2.61. The Balaban J connectivity index is 2.45. The minimum atomic E-state index is 1.05. The van der Waals surface area contributed by atoms with Gasteiger partial charge in [-0.1, -0.05) is 12.2 Å². The van der Waals surface area contributed by atoms with Crippen molar-refractivity contribution in [2.45, 2.75) is 13.3 Å². The fourth-order valence-electron chi connectivity index (χ4n) is 1.28. The smallest absolute Gasteiger partial charge is 0.0668 e. The largest absolute Gasteiger partial charge is 0.253 e. The maximum Gasteiger partial charge on any atom is 0.0668 e. The van der Waals surface area contributed by atoms with E-state index in [9.17, 15) is 0 Å². The molecule has 0 aromatic carbocycles. The Morgan fingerprint density at radius 3 is 3.20 bits per heavy atom. The Kier molecular flexibility index (Phi) is 1.10. The maximum absolute atomic E-state index is 4.34. The Bertz CT molecular complexity index is 277. The summed E-state index contributed by atoms with van der Waals surface area (Å²) in [6.07, 6.45) is 9.48. The number of aliphatic imine (C=N–C) groups is 1. The molecule has 0 amide bonds. The molecule has 2 aliphatic rings. The van der Waals surface area contributed by atoms with Gasteiger partial charge in [-0.05, 0) is 31.1 Å². The van der Waals surface area contributed by atoms with E-state index in [1.165, 1.54) is 5.57 Å². The standard InChI is InChI=1S/C9H9N/c1-7-6-8-4-2-3-5-9(8)10-7/h2-3,5-6H,4H2,1H3. The summed E-state index contributed by atoms with van der Waals surface area (Å²) in [5.74, 6) is 0. The Morgan fingerprint density at radius 1 is 1.50 bits per heavy atom. The maximum atomic E-state index is 4.34. The summed E-state index contributed by atoms with van der Waals surface area (Å²) in [6, 6.07) is 0. The minimum Gasteiger partial charge on any atom is -0.253 e. The first kappa shape index (κ1) is 5.66. The van der Waals surface area contributed by atoms with Crippen LogP contribution in [0.1, 0.15) is 13.3 Å². The lowest BCUT2D eigenvalue weighted by molar-refractivity contribution is 1.18. The molecule has 1 nitrogen and oxygen atoms in total. The molecule has 0 saturated carbocycles. The second-order valence-corrected chi connectivity index (χ2v) is 2.61. The molecule has 1 heterocycles. The van der Waals surface area contributed by atoms with Crippen LogP contribution in [-0.4, -0.2) is 5.71 Å².